The predicted octanol–water partition coefficient (Wildman–Crippen LogP) is 1.99. The van der Waals surface area contributed by atoms with Crippen molar-refractivity contribution in [3.8, 4) is 0 Å². The van der Waals surface area contributed by atoms with Crippen LogP contribution in [0.5, 0.6) is 0 Å². The van der Waals surface area contributed by atoms with E-state index < -0.39 is 9.05 Å². The van der Waals surface area contributed by atoms with Crippen LogP contribution in [0.3, 0.4) is 0 Å². The van der Waals surface area contributed by atoms with Crippen LogP contribution in [0.15, 0.2) is 0 Å². The van der Waals surface area contributed by atoms with E-state index in [-0.39, 0.29) is 5.75 Å². The molecule has 0 saturated heterocycles. The molecule has 0 radical (unpaired) electrons. The molecule has 12 heavy (non-hydrogen) atoms. The van der Waals surface area contributed by atoms with Crippen LogP contribution in [-0.4, -0.2) is 14.2 Å². The Bertz CT molecular complexity index is 269. The molecule has 0 aliphatic heterocycles. The lowest BCUT2D eigenvalue weighted by molar-refractivity contribution is 0.588. The van der Waals surface area contributed by atoms with Gasteiger partial charge in [-0.05, 0) is 43.4 Å². The van der Waals surface area contributed by atoms with Crippen LogP contribution in [0.1, 0.15) is 25.7 Å². The molecule has 2 atom stereocenters. The molecule has 0 amide bonds. The molecule has 2 aliphatic rings. The highest BCUT2D eigenvalue weighted by Gasteiger charge is 2.46. The summed E-state index contributed by atoms with van der Waals surface area (Å²) in [6, 6.07) is 0. The predicted molar refractivity (Wildman–Crippen MR) is 48.6 cm³/mol. The highest BCUT2D eigenvalue weighted by atomic mass is 35.7. The van der Waals surface area contributed by atoms with Crippen molar-refractivity contribution in [3.63, 3.8) is 0 Å². The van der Waals surface area contributed by atoms with Gasteiger partial charge in [-0.3, -0.25) is 0 Å². The number of halogens is 1. The van der Waals surface area contributed by atoms with Gasteiger partial charge in [-0.25, -0.2) is 8.42 Å². The van der Waals surface area contributed by atoms with E-state index >= 15 is 0 Å². The van der Waals surface area contributed by atoms with Gasteiger partial charge in [-0.1, -0.05) is 0 Å². The van der Waals surface area contributed by atoms with Crippen molar-refractivity contribution in [1.82, 2.24) is 0 Å². The maximum absolute atomic E-state index is 10.6. The van der Waals surface area contributed by atoms with E-state index in [1.54, 1.807) is 0 Å². The third-order valence-electron chi connectivity index (χ3n) is 2.94. The zero-order valence-corrected chi connectivity index (χ0v) is 8.44. The fourth-order valence-corrected chi connectivity index (χ4v) is 2.85. The summed E-state index contributed by atoms with van der Waals surface area (Å²) in [6.07, 6.45) is 4.77. The minimum Gasteiger partial charge on any atom is -0.212 e. The van der Waals surface area contributed by atoms with Gasteiger partial charge in [0.2, 0.25) is 9.05 Å². The van der Waals surface area contributed by atoms with Gasteiger partial charge in [0, 0.05) is 10.7 Å². The first-order valence-corrected chi connectivity index (χ1v) is 6.96. The standard InChI is InChI=1S/C8H13ClO2S/c9-12(10,11)4-3-7-5-8(7)6-1-2-6/h6-8H,1-5H2. The molecule has 0 N–H and O–H groups in total. The molecule has 0 aromatic rings. The fourth-order valence-electron chi connectivity index (χ4n) is 2.00. The average Bonchev–Trinajstić information content (AvgIpc) is 2.78. The maximum atomic E-state index is 10.6. The molecule has 0 heterocycles. The van der Waals surface area contributed by atoms with Crippen LogP contribution >= 0.6 is 10.7 Å². The van der Waals surface area contributed by atoms with Crippen LogP contribution in [0.4, 0.5) is 0 Å². The van der Waals surface area contributed by atoms with Crippen molar-refractivity contribution in [3.05, 3.63) is 0 Å². The van der Waals surface area contributed by atoms with Crippen molar-refractivity contribution in [1.29, 1.82) is 0 Å². The molecule has 0 aromatic carbocycles. The SMILES string of the molecule is O=S(=O)(Cl)CCC1CC1C1CC1. The lowest BCUT2D eigenvalue weighted by atomic mass is 10.2. The summed E-state index contributed by atoms with van der Waals surface area (Å²) < 4.78 is 21.2. The van der Waals surface area contributed by atoms with E-state index in [4.69, 9.17) is 10.7 Å². The van der Waals surface area contributed by atoms with Crippen LogP contribution in [0, 0.1) is 17.8 Å². The molecular weight excluding hydrogens is 196 g/mol. The monoisotopic (exact) mass is 208 g/mol. The van der Waals surface area contributed by atoms with Gasteiger partial charge in [0.25, 0.3) is 0 Å². The van der Waals surface area contributed by atoms with Gasteiger partial charge in [0.1, 0.15) is 0 Å². The van der Waals surface area contributed by atoms with Crippen LogP contribution < -0.4 is 0 Å². The van der Waals surface area contributed by atoms with E-state index in [0.717, 1.165) is 18.3 Å². The van der Waals surface area contributed by atoms with Crippen LogP contribution in [0.2, 0.25) is 0 Å². The Kier molecular flexibility index (Phi) is 2.11. The Morgan fingerprint density at radius 2 is 2.00 bits per heavy atom. The molecule has 70 valence electrons. The molecule has 2 saturated carbocycles. The molecule has 0 bridgehead atoms. The van der Waals surface area contributed by atoms with Crippen molar-refractivity contribution in [2.24, 2.45) is 17.8 Å². The summed E-state index contributed by atoms with van der Waals surface area (Å²) in [5.41, 5.74) is 0. The Hall–Kier alpha value is 0.240. The lowest BCUT2D eigenvalue weighted by Crippen LogP contribution is -1.99. The number of hydrogen-bond acceptors (Lipinski definition) is 2. The van der Waals surface area contributed by atoms with Gasteiger partial charge >= 0.3 is 0 Å². The van der Waals surface area contributed by atoms with Gasteiger partial charge in [0.15, 0.2) is 0 Å². The second-order valence-electron chi connectivity index (χ2n) is 4.03. The minimum atomic E-state index is -3.24. The first-order valence-electron chi connectivity index (χ1n) is 4.48. The van der Waals surface area contributed by atoms with Crippen molar-refractivity contribution in [2.75, 3.05) is 5.75 Å². The molecule has 2 rings (SSSR count). The Morgan fingerprint density at radius 1 is 1.33 bits per heavy atom. The van der Waals surface area contributed by atoms with Gasteiger partial charge in [-0.2, -0.15) is 0 Å². The molecule has 2 fully saturated rings. The van der Waals surface area contributed by atoms with Crippen molar-refractivity contribution >= 4 is 19.7 Å². The smallest absolute Gasteiger partial charge is 0.212 e. The van der Waals surface area contributed by atoms with Crippen molar-refractivity contribution in [2.45, 2.75) is 25.7 Å². The second kappa shape index (κ2) is 2.88. The molecule has 0 spiro atoms. The quantitative estimate of drug-likeness (QED) is 0.663. The molecule has 0 aromatic heterocycles. The third-order valence-corrected chi connectivity index (χ3v) is 4.12. The van der Waals surface area contributed by atoms with E-state index in [2.05, 4.69) is 0 Å². The molecule has 2 nitrogen and oxygen atoms in total. The largest absolute Gasteiger partial charge is 0.232 e. The third kappa shape index (κ3) is 2.36. The normalized spacial score (nSPS) is 35.1. The first-order chi connectivity index (χ1) is 5.56. The highest BCUT2D eigenvalue weighted by molar-refractivity contribution is 8.13. The van der Waals surface area contributed by atoms with E-state index in [1.807, 2.05) is 0 Å². The van der Waals surface area contributed by atoms with Gasteiger partial charge in [-0.15, -0.1) is 0 Å². The Morgan fingerprint density at radius 3 is 2.50 bits per heavy atom. The minimum absolute atomic E-state index is 0.169. The molecule has 4 heteroatoms. The summed E-state index contributed by atoms with van der Waals surface area (Å²) in [4.78, 5) is 0. The zero-order chi connectivity index (χ0) is 8.77. The van der Waals surface area contributed by atoms with E-state index in [1.165, 1.54) is 19.3 Å². The van der Waals surface area contributed by atoms with Gasteiger partial charge < -0.3 is 0 Å². The molecular formula is C8H13ClO2S. The summed E-state index contributed by atoms with van der Waals surface area (Å²) in [5, 5.41) is 0. The fraction of sp³-hybridized carbons (Fsp3) is 1.00. The van der Waals surface area contributed by atoms with E-state index in [0.29, 0.717) is 5.92 Å². The summed E-state index contributed by atoms with van der Waals surface area (Å²) in [6.45, 7) is 0. The second-order valence-corrected chi connectivity index (χ2v) is 6.93. The maximum Gasteiger partial charge on any atom is 0.232 e. The number of hydrogen-bond donors (Lipinski definition) is 0. The average molecular weight is 209 g/mol. The molecule has 2 aliphatic carbocycles. The topological polar surface area (TPSA) is 34.1 Å². The molecule has 2 unspecified atom stereocenters. The summed E-state index contributed by atoms with van der Waals surface area (Å²) in [7, 11) is 1.88. The van der Waals surface area contributed by atoms with Crippen LogP contribution in [0.25, 0.3) is 0 Å². The summed E-state index contributed by atoms with van der Waals surface area (Å²) >= 11 is 0. The van der Waals surface area contributed by atoms with E-state index in [9.17, 15) is 8.42 Å². The highest BCUT2D eigenvalue weighted by Crippen LogP contribution is 2.55. The van der Waals surface area contributed by atoms with Crippen molar-refractivity contribution < 1.29 is 8.42 Å². The Labute approximate surface area is 77.7 Å². The van der Waals surface area contributed by atoms with Gasteiger partial charge in [0.05, 0.1) is 5.75 Å². The van der Waals surface area contributed by atoms with Crippen LogP contribution in [-0.2, 0) is 9.05 Å². The Balaban J connectivity index is 1.69. The lowest BCUT2D eigenvalue weighted by Gasteiger charge is -1.95. The number of rotatable bonds is 4. The zero-order valence-electron chi connectivity index (χ0n) is 6.87. The summed E-state index contributed by atoms with van der Waals surface area (Å²) in [5.74, 6) is 2.63. The first kappa shape index (κ1) is 8.82.